The Morgan fingerprint density at radius 1 is 1.64 bits per heavy atom. The number of amides is 1. The molecule has 0 aliphatic rings. The number of nitrogen functional groups attached to an aromatic ring is 1. The Labute approximate surface area is 80.8 Å². The summed E-state index contributed by atoms with van der Waals surface area (Å²) in [5.74, 6) is -0.333. The third-order valence-corrected chi connectivity index (χ3v) is 1.69. The van der Waals surface area contributed by atoms with Gasteiger partial charge in [0.25, 0.3) is 5.91 Å². The summed E-state index contributed by atoms with van der Waals surface area (Å²) in [4.78, 5) is 13.0. The van der Waals surface area contributed by atoms with Gasteiger partial charge in [0.05, 0.1) is 6.61 Å². The van der Waals surface area contributed by atoms with Crippen molar-refractivity contribution in [2.24, 2.45) is 0 Å². The summed E-state index contributed by atoms with van der Waals surface area (Å²) in [5, 5.41) is 6.72. The van der Waals surface area contributed by atoms with E-state index in [9.17, 15) is 4.79 Å². The second-order valence-corrected chi connectivity index (χ2v) is 2.72. The number of hydrogen-bond donors (Lipinski definition) is 1. The van der Waals surface area contributed by atoms with Crippen LogP contribution in [0.4, 0.5) is 5.82 Å². The van der Waals surface area contributed by atoms with Crippen molar-refractivity contribution in [3.63, 3.8) is 0 Å². The molecule has 2 N–H and O–H groups in total. The first-order chi connectivity index (χ1) is 6.66. The molecule has 0 radical (unpaired) electrons. The van der Waals surface area contributed by atoms with Gasteiger partial charge < -0.3 is 15.4 Å². The lowest BCUT2D eigenvalue weighted by Crippen LogP contribution is -2.30. The van der Waals surface area contributed by atoms with Gasteiger partial charge in [0, 0.05) is 20.7 Å². The maximum atomic E-state index is 11.6. The van der Waals surface area contributed by atoms with Crippen LogP contribution in [0.1, 0.15) is 10.5 Å². The minimum absolute atomic E-state index is 0.000679. The number of carbonyl (C=O) groups is 1. The van der Waals surface area contributed by atoms with Gasteiger partial charge in [-0.25, -0.2) is 4.63 Å². The van der Waals surface area contributed by atoms with E-state index in [0.29, 0.717) is 13.2 Å². The van der Waals surface area contributed by atoms with Crippen LogP contribution >= 0.6 is 0 Å². The largest absolute Gasteiger partial charge is 0.383 e. The molecule has 0 aliphatic heterocycles. The van der Waals surface area contributed by atoms with Crippen molar-refractivity contribution in [2.75, 3.05) is 33.0 Å². The van der Waals surface area contributed by atoms with E-state index in [1.54, 1.807) is 14.2 Å². The van der Waals surface area contributed by atoms with Gasteiger partial charge >= 0.3 is 0 Å². The number of nitrogens with two attached hydrogens (primary N) is 1. The summed E-state index contributed by atoms with van der Waals surface area (Å²) >= 11 is 0. The number of hydrogen-bond acceptors (Lipinski definition) is 6. The van der Waals surface area contributed by atoms with E-state index < -0.39 is 0 Å². The molecule has 0 bridgehead atoms. The lowest BCUT2D eigenvalue weighted by molar-refractivity contribution is 0.0734. The molecular weight excluding hydrogens is 188 g/mol. The van der Waals surface area contributed by atoms with Gasteiger partial charge in [-0.05, 0) is 10.3 Å². The number of methoxy groups -OCH3 is 1. The third kappa shape index (κ3) is 2.19. The predicted molar refractivity (Wildman–Crippen MR) is 47.5 cm³/mol. The van der Waals surface area contributed by atoms with Gasteiger partial charge in [-0.2, -0.15) is 0 Å². The maximum absolute atomic E-state index is 11.6. The molecule has 7 heteroatoms. The Morgan fingerprint density at radius 3 is 2.86 bits per heavy atom. The number of nitrogens with zero attached hydrogens (tertiary/aromatic N) is 3. The van der Waals surface area contributed by atoms with E-state index in [0.717, 1.165) is 0 Å². The van der Waals surface area contributed by atoms with E-state index in [2.05, 4.69) is 14.9 Å². The van der Waals surface area contributed by atoms with E-state index in [1.165, 1.54) is 4.90 Å². The zero-order chi connectivity index (χ0) is 10.6. The first-order valence-corrected chi connectivity index (χ1v) is 3.99. The molecule has 1 amide bonds. The van der Waals surface area contributed by atoms with E-state index >= 15 is 0 Å². The Bertz CT molecular complexity index is 312. The molecule has 1 heterocycles. The fourth-order valence-corrected chi connectivity index (χ4v) is 0.854. The van der Waals surface area contributed by atoms with Crippen molar-refractivity contribution in [2.45, 2.75) is 0 Å². The summed E-state index contributed by atoms with van der Waals surface area (Å²) in [5.41, 5.74) is 5.39. The molecule has 0 saturated heterocycles. The zero-order valence-electron chi connectivity index (χ0n) is 8.06. The fourth-order valence-electron chi connectivity index (χ4n) is 0.854. The summed E-state index contributed by atoms with van der Waals surface area (Å²) in [6.07, 6.45) is 0. The molecule has 0 spiro atoms. The van der Waals surface area contributed by atoms with Crippen LogP contribution in [0.3, 0.4) is 0 Å². The number of rotatable bonds is 4. The highest BCUT2D eigenvalue weighted by Crippen LogP contribution is 2.06. The van der Waals surface area contributed by atoms with Crippen LogP contribution in [0.2, 0.25) is 0 Å². The molecule has 1 rings (SSSR count). The lowest BCUT2D eigenvalue weighted by atomic mass is 10.4. The minimum atomic E-state index is -0.333. The number of aromatic nitrogens is 2. The second kappa shape index (κ2) is 4.56. The van der Waals surface area contributed by atoms with Crippen LogP contribution in [0.25, 0.3) is 0 Å². The molecule has 0 aromatic carbocycles. The van der Waals surface area contributed by atoms with Crippen LogP contribution in [0.5, 0.6) is 0 Å². The number of likely N-dealkylation sites (N-methyl/N-ethyl adjacent to an activating group) is 1. The Kier molecular flexibility index (Phi) is 3.41. The molecule has 7 nitrogen and oxygen atoms in total. The highest BCUT2D eigenvalue weighted by atomic mass is 16.6. The molecule has 1 aromatic rings. The van der Waals surface area contributed by atoms with E-state index in [1.807, 2.05) is 0 Å². The molecule has 1 aromatic heterocycles. The zero-order valence-corrected chi connectivity index (χ0v) is 8.06. The molecule has 0 fully saturated rings. The summed E-state index contributed by atoms with van der Waals surface area (Å²) in [7, 11) is 3.18. The van der Waals surface area contributed by atoms with Crippen molar-refractivity contribution in [1.29, 1.82) is 0 Å². The molecule has 78 valence electrons. The van der Waals surface area contributed by atoms with Gasteiger partial charge in [0.2, 0.25) is 11.5 Å². The van der Waals surface area contributed by atoms with Crippen LogP contribution in [0.15, 0.2) is 4.63 Å². The van der Waals surface area contributed by atoms with Crippen LogP contribution in [-0.2, 0) is 4.74 Å². The van der Waals surface area contributed by atoms with Gasteiger partial charge in [-0.15, -0.1) is 0 Å². The SMILES string of the molecule is COCCN(C)C(=O)c1nonc1N. The van der Waals surface area contributed by atoms with Crippen LogP contribution in [-0.4, -0.2) is 48.4 Å². The average molecular weight is 200 g/mol. The second-order valence-electron chi connectivity index (χ2n) is 2.72. The predicted octanol–water partition coefficient (Wildman–Crippen LogP) is -0.630. The minimum Gasteiger partial charge on any atom is -0.383 e. The van der Waals surface area contributed by atoms with Crippen molar-refractivity contribution >= 4 is 11.7 Å². The van der Waals surface area contributed by atoms with E-state index in [4.69, 9.17) is 10.5 Å². The summed E-state index contributed by atoms with van der Waals surface area (Å²) in [6.45, 7) is 0.912. The van der Waals surface area contributed by atoms with Crippen LogP contribution < -0.4 is 5.73 Å². The Hall–Kier alpha value is -1.63. The Morgan fingerprint density at radius 2 is 2.36 bits per heavy atom. The van der Waals surface area contributed by atoms with Gasteiger partial charge in [0.15, 0.2) is 0 Å². The first-order valence-electron chi connectivity index (χ1n) is 3.99. The lowest BCUT2D eigenvalue weighted by Gasteiger charge is -2.14. The number of ether oxygens (including phenoxy) is 1. The van der Waals surface area contributed by atoms with Gasteiger partial charge in [-0.1, -0.05) is 0 Å². The highest BCUT2D eigenvalue weighted by Gasteiger charge is 2.19. The molecule has 0 saturated carbocycles. The van der Waals surface area contributed by atoms with Crippen molar-refractivity contribution in [1.82, 2.24) is 15.2 Å². The molecule has 0 atom stereocenters. The molecular formula is C7H12N4O3. The smallest absolute Gasteiger partial charge is 0.279 e. The first kappa shape index (κ1) is 10.5. The molecule has 14 heavy (non-hydrogen) atoms. The normalized spacial score (nSPS) is 10.1. The quantitative estimate of drug-likeness (QED) is 0.695. The topological polar surface area (TPSA) is 94.5 Å². The summed E-state index contributed by atoms with van der Waals surface area (Å²) < 4.78 is 9.14. The average Bonchev–Trinajstić information content (AvgIpc) is 2.59. The van der Waals surface area contributed by atoms with Gasteiger partial charge in [-0.3, -0.25) is 4.79 Å². The maximum Gasteiger partial charge on any atom is 0.279 e. The number of anilines is 1. The third-order valence-electron chi connectivity index (χ3n) is 1.69. The highest BCUT2D eigenvalue weighted by molar-refractivity contribution is 5.95. The monoisotopic (exact) mass is 200 g/mol. The van der Waals surface area contributed by atoms with Crippen molar-refractivity contribution in [3.8, 4) is 0 Å². The van der Waals surface area contributed by atoms with Crippen LogP contribution in [0, 0.1) is 0 Å². The van der Waals surface area contributed by atoms with E-state index in [-0.39, 0.29) is 17.4 Å². The number of carbonyl (C=O) groups excluding carboxylic acids is 1. The fraction of sp³-hybridized carbons (Fsp3) is 0.571. The standard InChI is InChI=1S/C7H12N4O3/c1-11(3-4-13-2)7(12)5-6(8)10-14-9-5/h3-4H2,1-2H3,(H2,8,10). The summed E-state index contributed by atoms with van der Waals surface area (Å²) in [6, 6.07) is 0. The van der Waals surface area contributed by atoms with Gasteiger partial charge in [0.1, 0.15) is 0 Å². The Balaban J connectivity index is 2.61. The molecule has 0 aliphatic carbocycles. The van der Waals surface area contributed by atoms with Crippen molar-refractivity contribution in [3.05, 3.63) is 5.69 Å². The molecule has 0 unspecified atom stereocenters. The van der Waals surface area contributed by atoms with Crippen molar-refractivity contribution < 1.29 is 14.2 Å².